The SMILES string of the molecule is CN(C)CCN1CCN(Cc2nc(Cl)ccc2Cl)CC1. The minimum atomic E-state index is 0.508. The lowest BCUT2D eigenvalue weighted by Crippen LogP contribution is -2.47. The van der Waals surface area contributed by atoms with Gasteiger partial charge in [-0.1, -0.05) is 23.2 Å². The van der Waals surface area contributed by atoms with Crippen LogP contribution in [-0.2, 0) is 6.54 Å². The Balaban J connectivity index is 1.81. The van der Waals surface area contributed by atoms with E-state index in [-0.39, 0.29) is 0 Å². The van der Waals surface area contributed by atoms with Crippen LogP contribution in [0.15, 0.2) is 12.1 Å². The van der Waals surface area contributed by atoms with Crippen molar-refractivity contribution in [2.24, 2.45) is 0 Å². The number of nitrogens with zero attached hydrogens (tertiary/aromatic N) is 4. The highest BCUT2D eigenvalue weighted by molar-refractivity contribution is 6.32. The molecule has 0 bridgehead atoms. The summed E-state index contributed by atoms with van der Waals surface area (Å²) >= 11 is 12.1. The van der Waals surface area contributed by atoms with Crippen LogP contribution < -0.4 is 0 Å². The van der Waals surface area contributed by atoms with Crippen LogP contribution in [0.2, 0.25) is 10.2 Å². The van der Waals surface area contributed by atoms with Gasteiger partial charge in [0.25, 0.3) is 0 Å². The molecular formula is C14H22Cl2N4. The van der Waals surface area contributed by atoms with Gasteiger partial charge in [-0.15, -0.1) is 0 Å². The number of halogens is 2. The van der Waals surface area contributed by atoms with Crippen LogP contribution in [0.25, 0.3) is 0 Å². The highest BCUT2D eigenvalue weighted by Gasteiger charge is 2.18. The van der Waals surface area contributed by atoms with Gasteiger partial charge in [0.15, 0.2) is 0 Å². The second-order valence-electron chi connectivity index (χ2n) is 5.48. The second-order valence-corrected chi connectivity index (χ2v) is 6.28. The molecular weight excluding hydrogens is 295 g/mol. The van der Waals surface area contributed by atoms with Crippen LogP contribution in [0.3, 0.4) is 0 Å². The molecule has 4 nitrogen and oxygen atoms in total. The van der Waals surface area contributed by atoms with Gasteiger partial charge < -0.3 is 4.90 Å². The Morgan fingerprint density at radius 1 is 1.10 bits per heavy atom. The molecule has 1 fully saturated rings. The lowest BCUT2D eigenvalue weighted by Gasteiger charge is -2.35. The number of pyridine rings is 1. The zero-order valence-corrected chi connectivity index (χ0v) is 13.7. The minimum absolute atomic E-state index is 0.508. The van der Waals surface area contributed by atoms with E-state index in [0.717, 1.165) is 51.5 Å². The first kappa shape index (κ1) is 16.0. The number of hydrogen-bond donors (Lipinski definition) is 0. The monoisotopic (exact) mass is 316 g/mol. The first-order valence-corrected chi connectivity index (χ1v) is 7.70. The number of rotatable bonds is 5. The fraction of sp³-hybridized carbons (Fsp3) is 0.643. The van der Waals surface area contributed by atoms with E-state index >= 15 is 0 Å². The van der Waals surface area contributed by atoms with Gasteiger partial charge in [0.2, 0.25) is 0 Å². The normalized spacial score (nSPS) is 17.9. The van der Waals surface area contributed by atoms with E-state index in [2.05, 4.69) is 33.8 Å². The number of likely N-dealkylation sites (N-methyl/N-ethyl adjacent to an activating group) is 1. The maximum absolute atomic E-state index is 6.16. The summed E-state index contributed by atoms with van der Waals surface area (Å²) in [5.74, 6) is 0. The maximum Gasteiger partial charge on any atom is 0.129 e. The molecule has 2 rings (SSSR count). The fourth-order valence-corrected chi connectivity index (χ4v) is 2.62. The largest absolute Gasteiger partial charge is 0.308 e. The van der Waals surface area contributed by atoms with Crippen LogP contribution >= 0.6 is 23.2 Å². The van der Waals surface area contributed by atoms with Gasteiger partial charge in [0.1, 0.15) is 5.15 Å². The summed E-state index contributed by atoms with van der Waals surface area (Å²) in [5, 5.41) is 1.21. The molecule has 0 spiro atoms. The molecule has 6 heteroatoms. The van der Waals surface area contributed by atoms with E-state index in [1.807, 2.05) is 6.07 Å². The number of aromatic nitrogens is 1. The van der Waals surface area contributed by atoms with Gasteiger partial charge >= 0.3 is 0 Å². The van der Waals surface area contributed by atoms with Crippen LogP contribution in [0.4, 0.5) is 0 Å². The van der Waals surface area contributed by atoms with Gasteiger partial charge in [-0.2, -0.15) is 0 Å². The zero-order chi connectivity index (χ0) is 14.5. The molecule has 1 aromatic rings. The van der Waals surface area contributed by atoms with Crippen molar-refractivity contribution in [1.82, 2.24) is 19.7 Å². The average Bonchev–Trinajstić information content (AvgIpc) is 2.42. The van der Waals surface area contributed by atoms with Crippen molar-refractivity contribution in [3.05, 3.63) is 28.0 Å². The van der Waals surface area contributed by atoms with E-state index < -0.39 is 0 Å². The van der Waals surface area contributed by atoms with E-state index in [0.29, 0.717) is 10.2 Å². The first-order valence-electron chi connectivity index (χ1n) is 6.95. The van der Waals surface area contributed by atoms with Gasteiger partial charge in [-0.3, -0.25) is 9.80 Å². The summed E-state index contributed by atoms with van der Waals surface area (Å²) in [7, 11) is 4.23. The number of piperazine rings is 1. The van der Waals surface area contributed by atoms with Crippen molar-refractivity contribution in [3.63, 3.8) is 0 Å². The van der Waals surface area contributed by atoms with Crippen molar-refractivity contribution < 1.29 is 0 Å². The summed E-state index contributed by atoms with van der Waals surface area (Å²) in [6.07, 6.45) is 0. The Labute approximate surface area is 131 Å². The fourth-order valence-electron chi connectivity index (χ4n) is 2.29. The molecule has 1 saturated heterocycles. The maximum atomic E-state index is 6.16. The molecule has 0 saturated carbocycles. The molecule has 20 heavy (non-hydrogen) atoms. The van der Waals surface area contributed by atoms with E-state index in [1.165, 1.54) is 0 Å². The zero-order valence-electron chi connectivity index (χ0n) is 12.1. The topological polar surface area (TPSA) is 22.6 Å². The molecule has 0 aromatic carbocycles. The summed E-state index contributed by atoms with van der Waals surface area (Å²) < 4.78 is 0. The Kier molecular flexibility index (Phi) is 6.05. The van der Waals surface area contributed by atoms with Gasteiger partial charge in [-0.05, 0) is 26.2 Å². The third kappa shape index (κ3) is 4.86. The standard InChI is InChI=1S/C14H22Cl2N4/c1-18(2)5-6-19-7-9-20(10-8-19)11-13-12(15)3-4-14(16)17-13/h3-4H,5-11H2,1-2H3. The molecule has 0 aliphatic carbocycles. The summed E-state index contributed by atoms with van der Waals surface area (Å²) in [6.45, 7) is 7.34. The minimum Gasteiger partial charge on any atom is -0.308 e. The summed E-state index contributed by atoms with van der Waals surface area (Å²) in [4.78, 5) is 11.4. The van der Waals surface area contributed by atoms with Crippen molar-refractivity contribution in [3.8, 4) is 0 Å². The number of hydrogen-bond acceptors (Lipinski definition) is 4. The average molecular weight is 317 g/mol. The van der Waals surface area contributed by atoms with Crippen molar-refractivity contribution in [2.75, 3.05) is 53.4 Å². The predicted molar refractivity (Wildman–Crippen MR) is 84.5 cm³/mol. The molecule has 0 N–H and O–H groups in total. The molecule has 0 unspecified atom stereocenters. The smallest absolute Gasteiger partial charge is 0.129 e. The van der Waals surface area contributed by atoms with E-state index in [4.69, 9.17) is 23.2 Å². The van der Waals surface area contributed by atoms with Crippen molar-refractivity contribution in [2.45, 2.75) is 6.54 Å². The lowest BCUT2D eigenvalue weighted by atomic mass is 10.2. The molecule has 0 atom stereocenters. The molecule has 2 heterocycles. The van der Waals surface area contributed by atoms with Crippen LogP contribution in [-0.4, -0.2) is 73.0 Å². The van der Waals surface area contributed by atoms with E-state index in [9.17, 15) is 0 Å². The third-order valence-corrected chi connectivity index (χ3v) is 4.14. The van der Waals surface area contributed by atoms with E-state index in [1.54, 1.807) is 6.07 Å². The Morgan fingerprint density at radius 2 is 1.75 bits per heavy atom. The van der Waals surface area contributed by atoms with Gasteiger partial charge in [0, 0.05) is 45.8 Å². The van der Waals surface area contributed by atoms with Gasteiger partial charge in [-0.25, -0.2) is 4.98 Å². The van der Waals surface area contributed by atoms with Crippen molar-refractivity contribution in [1.29, 1.82) is 0 Å². The second kappa shape index (κ2) is 7.57. The van der Waals surface area contributed by atoms with Crippen LogP contribution in [0, 0.1) is 0 Å². The Morgan fingerprint density at radius 3 is 2.40 bits per heavy atom. The van der Waals surface area contributed by atoms with Crippen molar-refractivity contribution >= 4 is 23.2 Å². The molecule has 1 aliphatic rings. The Bertz CT molecular complexity index is 431. The molecule has 0 radical (unpaired) electrons. The molecule has 112 valence electrons. The lowest BCUT2D eigenvalue weighted by molar-refractivity contribution is 0.119. The van der Waals surface area contributed by atoms with Gasteiger partial charge in [0.05, 0.1) is 10.7 Å². The van der Waals surface area contributed by atoms with Crippen LogP contribution in [0.1, 0.15) is 5.69 Å². The quantitative estimate of drug-likeness (QED) is 0.776. The predicted octanol–water partition coefficient (Wildman–Crippen LogP) is 2.07. The summed E-state index contributed by atoms with van der Waals surface area (Å²) in [5.41, 5.74) is 0.876. The third-order valence-electron chi connectivity index (χ3n) is 3.59. The highest BCUT2D eigenvalue weighted by Crippen LogP contribution is 2.19. The summed E-state index contributed by atoms with van der Waals surface area (Å²) in [6, 6.07) is 3.55. The first-order chi connectivity index (χ1) is 9.54. The Hall–Kier alpha value is -0.390. The highest BCUT2D eigenvalue weighted by atomic mass is 35.5. The van der Waals surface area contributed by atoms with Crippen LogP contribution in [0.5, 0.6) is 0 Å². The molecule has 0 amide bonds. The molecule has 1 aliphatic heterocycles. The molecule has 1 aromatic heterocycles.